The van der Waals surface area contributed by atoms with E-state index in [-0.39, 0.29) is 24.5 Å². The molecule has 348 valence electrons. The molecule has 2 saturated heterocycles. The lowest BCUT2D eigenvalue weighted by Crippen LogP contribution is -2.40. The van der Waals surface area contributed by atoms with Crippen LogP contribution in [0.25, 0.3) is 21.8 Å². The lowest BCUT2D eigenvalue weighted by Gasteiger charge is -2.31. The number of ether oxygens (including phenoxy) is 2. The maximum Gasteiger partial charge on any atom is 0.410 e. The van der Waals surface area contributed by atoms with E-state index in [1.54, 1.807) is 28.0 Å². The third-order valence-corrected chi connectivity index (χ3v) is 14.5. The molecule has 0 aliphatic carbocycles. The van der Waals surface area contributed by atoms with Crippen molar-refractivity contribution >= 4 is 56.0 Å². The maximum absolute atomic E-state index is 13.3. The molecule has 4 amide bonds. The monoisotopic (exact) mass is 901 g/mol. The van der Waals surface area contributed by atoms with Crippen molar-refractivity contribution in [2.24, 2.45) is 11.8 Å². The molecule has 1 N–H and O–H groups in total. The number of hydrogen-bond donors (Lipinski definition) is 1. The molecular weight excluding hydrogens is 835 g/mol. The molecule has 16 heteroatoms. The maximum atomic E-state index is 13.3. The second-order valence-corrected chi connectivity index (χ2v) is 22.3. The van der Waals surface area contributed by atoms with Crippen molar-refractivity contribution in [1.82, 2.24) is 32.9 Å². The summed E-state index contributed by atoms with van der Waals surface area (Å²) in [4.78, 5) is 62.2. The van der Waals surface area contributed by atoms with Crippen molar-refractivity contribution in [3.63, 3.8) is 0 Å². The SMILES string of the molecule is CC1CCN(C(=O)c2ccc3[nH]c4c(c3c2)CN(C(=O)OC(C)(C)C)CC4)CC1.CC1CCN(C(=O)c2ccc3c(c2)c2c(n3S(=O)(=O)N(C)C)CCN(C(=O)OC(C)(C)C)C2)CC1. The van der Waals surface area contributed by atoms with E-state index in [9.17, 15) is 27.6 Å². The van der Waals surface area contributed by atoms with Crippen LogP contribution in [-0.4, -0.2) is 130 Å². The molecule has 8 rings (SSSR count). The van der Waals surface area contributed by atoms with Gasteiger partial charge in [-0.2, -0.15) is 12.7 Å². The predicted octanol–water partition coefficient (Wildman–Crippen LogP) is 7.79. The number of nitrogens with one attached hydrogen (secondary N) is 1. The zero-order valence-corrected chi connectivity index (χ0v) is 40.2. The molecule has 4 aromatic rings. The first-order valence-corrected chi connectivity index (χ1v) is 24.2. The van der Waals surface area contributed by atoms with Gasteiger partial charge in [-0.25, -0.2) is 13.6 Å². The lowest BCUT2D eigenvalue weighted by molar-refractivity contribution is 0.0214. The summed E-state index contributed by atoms with van der Waals surface area (Å²) in [6.07, 6.45) is 4.50. The van der Waals surface area contributed by atoms with Crippen LogP contribution in [-0.2, 0) is 45.6 Å². The van der Waals surface area contributed by atoms with Crippen LogP contribution in [0.15, 0.2) is 36.4 Å². The summed E-state index contributed by atoms with van der Waals surface area (Å²) in [7, 11) is -0.811. The number of piperidine rings is 2. The first-order chi connectivity index (χ1) is 30.0. The second kappa shape index (κ2) is 18.1. The molecule has 0 saturated carbocycles. The predicted molar refractivity (Wildman–Crippen MR) is 248 cm³/mol. The molecule has 15 nitrogen and oxygen atoms in total. The molecule has 64 heavy (non-hydrogen) atoms. The van der Waals surface area contributed by atoms with Crippen molar-refractivity contribution in [1.29, 1.82) is 0 Å². The number of carbonyl (C=O) groups excluding carboxylic acids is 4. The Morgan fingerprint density at radius 2 is 1.11 bits per heavy atom. The molecule has 4 aliphatic rings. The fourth-order valence-corrected chi connectivity index (χ4v) is 10.2. The topological polar surface area (TPSA) is 158 Å². The number of fused-ring (bicyclic) bond motifs is 6. The standard InChI is InChI=1S/C25H36N4O5S.C23H31N3O3/c1-17-9-12-27(13-10-17)23(30)18-7-8-21-19(15-18)20-16-28(24(31)34-25(2,3)4)14-11-22(20)29(21)35(32,33)26(5)6;1-15-7-10-25(11-8-15)21(27)16-5-6-19-17(13-16)18-14-26(12-9-20(18)24-19)22(28)29-23(2,3)4/h7-8,15,17H,9-14,16H2,1-6H3;5-6,13,15,24H,7-12,14H2,1-4H3. The number of H-pyrrole nitrogens is 1. The Labute approximate surface area is 378 Å². The van der Waals surface area contributed by atoms with Crippen molar-refractivity contribution in [2.45, 2.75) is 118 Å². The van der Waals surface area contributed by atoms with Crippen LogP contribution in [0.4, 0.5) is 9.59 Å². The Bertz CT molecular complexity index is 2530. The number of likely N-dealkylation sites (tertiary alicyclic amines) is 2. The molecule has 0 bridgehead atoms. The quantitative estimate of drug-likeness (QED) is 0.218. The molecule has 4 aliphatic heterocycles. The molecule has 0 atom stereocenters. The third kappa shape index (κ3) is 10.1. The Morgan fingerprint density at radius 3 is 1.61 bits per heavy atom. The van der Waals surface area contributed by atoms with Crippen LogP contribution in [0.3, 0.4) is 0 Å². The third-order valence-electron chi connectivity index (χ3n) is 12.7. The number of carbonyl (C=O) groups is 4. The van der Waals surface area contributed by atoms with E-state index in [0.717, 1.165) is 91.6 Å². The smallest absolute Gasteiger partial charge is 0.410 e. The fourth-order valence-electron chi connectivity index (χ4n) is 8.98. The highest BCUT2D eigenvalue weighted by atomic mass is 32.2. The molecular formula is C48H67N7O8S. The summed E-state index contributed by atoms with van der Waals surface area (Å²) in [6, 6.07) is 11.1. The highest BCUT2D eigenvalue weighted by Crippen LogP contribution is 2.35. The number of hydrogen-bond acceptors (Lipinski definition) is 8. The van der Waals surface area contributed by atoms with Gasteiger partial charge >= 0.3 is 22.4 Å². The van der Waals surface area contributed by atoms with E-state index in [2.05, 4.69) is 18.8 Å². The van der Waals surface area contributed by atoms with E-state index in [0.29, 0.717) is 60.1 Å². The van der Waals surface area contributed by atoms with E-state index in [1.165, 1.54) is 22.4 Å². The van der Waals surface area contributed by atoms with E-state index >= 15 is 0 Å². The van der Waals surface area contributed by atoms with Gasteiger partial charge in [0.25, 0.3) is 11.8 Å². The molecule has 0 radical (unpaired) electrons. The Balaban J connectivity index is 0.000000195. The number of amides is 4. The van der Waals surface area contributed by atoms with E-state index < -0.39 is 27.5 Å². The highest BCUT2D eigenvalue weighted by Gasteiger charge is 2.35. The van der Waals surface area contributed by atoms with Gasteiger partial charge in [-0.1, -0.05) is 13.8 Å². The summed E-state index contributed by atoms with van der Waals surface area (Å²) in [5.74, 6) is 1.36. The van der Waals surface area contributed by atoms with Gasteiger partial charge in [0.2, 0.25) is 0 Å². The summed E-state index contributed by atoms with van der Waals surface area (Å²) < 4.78 is 40.2. The molecule has 2 aromatic heterocycles. The minimum atomic E-state index is -3.81. The number of rotatable bonds is 4. The summed E-state index contributed by atoms with van der Waals surface area (Å²) in [6.45, 7) is 20.3. The first-order valence-electron chi connectivity index (χ1n) is 22.8. The largest absolute Gasteiger partial charge is 0.444 e. The second-order valence-electron chi connectivity index (χ2n) is 20.3. The van der Waals surface area contributed by atoms with Crippen LogP contribution in [0.1, 0.15) is 124 Å². The van der Waals surface area contributed by atoms with Crippen molar-refractivity contribution in [3.05, 3.63) is 70.0 Å². The average molecular weight is 902 g/mol. The summed E-state index contributed by atoms with van der Waals surface area (Å²) >= 11 is 0. The minimum Gasteiger partial charge on any atom is -0.444 e. The zero-order valence-electron chi connectivity index (χ0n) is 39.4. The van der Waals surface area contributed by atoms with Crippen molar-refractivity contribution < 1.29 is 37.1 Å². The van der Waals surface area contributed by atoms with E-state index in [4.69, 9.17) is 9.47 Å². The van der Waals surface area contributed by atoms with Crippen LogP contribution in [0.5, 0.6) is 0 Å². The van der Waals surface area contributed by atoms with Gasteiger partial charge in [-0.05, 0) is 115 Å². The van der Waals surface area contributed by atoms with Crippen LogP contribution >= 0.6 is 0 Å². The zero-order chi connectivity index (χ0) is 46.5. The summed E-state index contributed by atoms with van der Waals surface area (Å²) in [5.41, 5.74) is 5.27. The lowest BCUT2D eigenvalue weighted by atomic mass is 9.98. The number of benzene rings is 2. The number of nitrogens with zero attached hydrogens (tertiary/aromatic N) is 6. The van der Waals surface area contributed by atoms with Gasteiger partial charge in [-0.3, -0.25) is 9.59 Å². The minimum absolute atomic E-state index is 0.0458. The van der Waals surface area contributed by atoms with Gasteiger partial charge < -0.3 is 34.1 Å². The highest BCUT2D eigenvalue weighted by molar-refractivity contribution is 7.87. The summed E-state index contributed by atoms with van der Waals surface area (Å²) in [5, 5.41) is 1.71. The molecule has 0 unspecified atom stereocenters. The van der Waals surface area contributed by atoms with E-state index in [1.807, 2.05) is 69.5 Å². The van der Waals surface area contributed by atoms with Crippen molar-refractivity contribution in [2.75, 3.05) is 53.4 Å². The average Bonchev–Trinajstić information content (AvgIpc) is 3.77. The molecule has 2 fully saturated rings. The van der Waals surface area contributed by atoms with Gasteiger partial charge in [-0.15, -0.1) is 0 Å². The molecule has 6 heterocycles. The Kier molecular flexibility index (Phi) is 13.2. The Morgan fingerprint density at radius 1 is 0.641 bits per heavy atom. The van der Waals surface area contributed by atoms with Gasteiger partial charge in [0.1, 0.15) is 11.2 Å². The van der Waals surface area contributed by atoms with Gasteiger partial charge in [0, 0.05) is 116 Å². The Hall–Kier alpha value is -5.09. The fraction of sp³-hybridized carbons (Fsp3) is 0.583. The number of aromatic nitrogens is 2. The van der Waals surface area contributed by atoms with Gasteiger partial charge in [0.15, 0.2) is 0 Å². The number of aromatic amines is 1. The van der Waals surface area contributed by atoms with Crippen LogP contribution in [0, 0.1) is 11.8 Å². The van der Waals surface area contributed by atoms with Gasteiger partial charge in [0.05, 0.1) is 18.6 Å². The first kappa shape index (κ1) is 46.9. The normalized spacial score (nSPS) is 17.9. The van der Waals surface area contributed by atoms with Crippen LogP contribution in [0.2, 0.25) is 0 Å². The molecule has 0 spiro atoms. The van der Waals surface area contributed by atoms with Crippen LogP contribution < -0.4 is 0 Å². The molecule has 2 aromatic carbocycles. The van der Waals surface area contributed by atoms with Crippen molar-refractivity contribution in [3.8, 4) is 0 Å².